The Morgan fingerprint density at radius 2 is 1.87 bits per heavy atom. The largest absolute Gasteiger partial charge is 0.497 e. The summed E-state index contributed by atoms with van der Waals surface area (Å²) in [5.41, 5.74) is 1.52. The van der Waals surface area contributed by atoms with E-state index in [1.165, 1.54) is 7.11 Å². The first kappa shape index (κ1) is 17.1. The topological polar surface area (TPSA) is 56.8 Å². The fourth-order valence-electron chi connectivity index (χ4n) is 2.01. The number of amides is 1. The highest BCUT2D eigenvalue weighted by Gasteiger charge is 2.10. The molecule has 0 spiro atoms. The van der Waals surface area contributed by atoms with Gasteiger partial charge in [-0.1, -0.05) is 15.9 Å². The zero-order chi connectivity index (χ0) is 16.8. The lowest BCUT2D eigenvalue weighted by Gasteiger charge is -2.13. The van der Waals surface area contributed by atoms with Crippen LogP contribution in [-0.4, -0.2) is 26.7 Å². The molecule has 0 atom stereocenters. The summed E-state index contributed by atoms with van der Waals surface area (Å²) < 4.78 is 16.9. The Bertz CT molecular complexity index is 703. The van der Waals surface area contributed by atoms with Crippen molar-refractivity contribution < 1.29 is 19.0 Å². The fourth-order valence-corrected chi connectivity index (χ4v) is 2.48. The Kier molecular flexibility index (Phi) is 5.87. The number of carbonyl (C=O) groups excluding carboxylic acids is 1. The SMILES string of the molecule is COc1ccc(NC(=O)COc2ccc(Br)cc2C)c(OC)c1. The van der Waals surface area contributed by atoms with Crippen LogP contribution in [0.4, 0.5) is 5.69 Å². The highest BCUT2D eigenvalue weighted by molar-refractivity contribution is 9.10. The molecule has 0 fully saturated rings. The van der Waals surface area contributed by atoms with E-state index >= 15 is 0 Å². The lowest BCUT2D eigenvalue weighted by Crippen LogP contribution is -2.20. The Morgan fingerprint density at radius 3 is 2.52 bits per heavy atom. The molecular formula is C17H18BrNO4. The Balaban J connectivity index is 1.99. The summed E-state index contributed by atoms with van der Waals surface area (Å²) in [6.45, 7) is 1.84. The average molecular weight is 380 g/mol. The van der Waals surface area contributed by atoms with Gasteiger partial charge in [0.2, 0.25) is 0 Å². The number of anilines is 1. The molecule has 23 heavy (non-hydrogen) atoms. The number of hydrogen-bond donors (Lipinski definition) is 1. The van der Waals surface area contributed by atoms with Gasteiger partial charge in [-0.3, -0.25) is 4.79 Å². The zero-order valence-electron chi connectivity index (χ0n) is 13.2. The maximum Gasteiger partial charge on any atom is 0.262 e. The van der Waals surface area contributed by atoms with Gasteiger partial charge < -0.3 is 19.5 Å². The number of benzene rings is 2. The van der Waals surface area contributed by atoms with E-state index in [2.05, 4.69) is 21.2 Å². The number of rotatable bonds is 6. The van der Waals surface area contributed by atoms with Crippen molar-refractivity contribution in [2.75, 3.05) is 26.1 Å². The zero-order valence-corrected chi connectivity index (χ0v) is 14.8. The minimum atomic E-state index is -0.268. The van der Waals surface area contributed by atoms with Crippen molar-refractivity contribution in [1.82, 2.24) is 0 Å². The summed E-state index contributed by atoms with van der Waals surface area (Å²) in [7, 11) is 3.10. The van der Waals surface area contributed by atoms with E-state index in [0.717, 1.165) is 10.0 Å². The van der Waals surface area contributed by atoms with Crippen LogP contribution in [0.1, 0.15) is 5.56 Å². The van der Waals surface area contributed by atoms with Crippen molar-refractivity contribution in [2.24, 2.45) is 0 Å². The predicted molar refractivity (Wildman–Crippen MR) is 92.5 cm³/mol. The van der Waals surface area contributed by atoms with Gasteiger partial charge in [-0.15, -0.1) is 0 Å². The first-order chi connectivity index (χ1) is 11.0. The van der Waals surface area contributed by atoms with Crippen LogP contribution >= 0.6 is 15.9 Å². The van der Waals surface area contributed by atoms with Crippen LogP contribution < -0.4 is 19.5 Å². The number of nitrogens with one attached hydrogen (secondary N) is 1. The number of carbonyl (C=O) groups is 1. The molecular weight excluding hydrogens is 362 g/mol. The van der Waals surface area contributed by atoms with Crippen LogP contribution in [-0.2, 0) is 4.79 Å². The molecule has 2 rings (SSSR count). The van der Waals surface area contributed by atoms with Crippen molar-refractivity contribution in [1.29, 1.82) is 0 Å². The molecule has 0 unspecified atom stereocenters. The van der Waals surface area contributed by atoms with Crippen molar-refractivity contribution >= 4 is 27.5 Å². The van der Waals surface area contributed by atoms with Gasteiger partial charge in [0, 0.05) is 10.5 Å². The summed E-state index contributed by atoms with van der Waals surface area (Å²) in [4.78, 5) is 12.1. The molecule has 0 aromatic heterocycles. The predicted octanol–water partition coefficient (Wildman–Crippen LogP) is 3.79. The molecule has 122 valence electrons. The molecule has 0 aliphatic heterocycles. The summed E-state index contributed by atoms with van der Waals surface area (Å²) in [5, 5.41) is 2.76. The molecule has 0 bridgehead atoms. The summed E-state index contributed by atoms with van der Waals surface area (Å²) >= 11 is 3.39. The Morgan fingerprint density at radius 1 is 1.09 bits per heavy atom. The van der Waals surface area contributed by atoms with Gasteiger partial charge in [0.05, 0.1) is 19.9 Å². The number of methoxy groups -OCH3 is 2. The van der Waals surface area contributed by atoms with E-state index in [-0.39, 0.29) is 12.5 Å². The van der Waals surface area contributed by atoms with Crippen LogP contribution in [0.25, 0.3) is 0 Å². The molecule has 5 nitrogen and oxygen atoms in total. The van der Waals surface area contributed by atoms with Crippen molar-refractivity contribution in [2.45, 2.75) is 6.92 Å². The molecule has 0 saturated carbocycles. The van der Waals surface area contributed by atoms with Gasteiger partial charge in [-0.05, 0) is 42.8 Å². The highest BCUT2D eigenvalue weighted by atomic mass is 79.9. The number of aryl methyl sites for hydroxylation is 1. The molecule has 6 heteroatoms. The first-order valence-corrected chi connectivity index (χ1v) is 7.73. The second kappa shape index (κ2) is 7.87. The first-order valence-electron chi connectivity index (χ1n) is 6.94. The van der Waals surface area contributed by atoms with Gasteiger partial charge in [0.1, 0.15) is 17.2 Å². The molecule has 1 amide bonds. The van der Waals surface area contributed by atoms with E-state index in [4.69, 9.17) is 14.2 Å². The smallest absolute Gasteiger partial charge is 0.262 e. The highest BCUT2D eigenvalue weighted by Crippen LogP contribution is 2.29. The summed E-state index contributed by atoms with van der Waals surface area (Å²) in [5.74, 6) is 1.58. The monoisotopic (exact) mass is 379 g/mol. The molecule has 0 saturated heterocycles. The standard InChI is InChI=1S/C17H18BrNO4/c1-11-8-12(18)4-7-15(11)23-10-17(20)19-14-6-5-13(21-2)9-16(14)22-3/h4-9H,10H2,1-3H3,(H,19,20). The summed E-state index contributed by atoms with van der Waals surface area (Å²) in [6.07, 6.45) is 0. The maximum atomic E-state index is 12.1. The average Bonchev–Trinajstić information content (AvgIpc) is 2.54. The van der Waals surface area contributed by atoms with Gasteiger partial charge >= 0.3 is 0 Å². The third kappa shape index (κ3) is 4.63. The Hall–Kier alpha value is -2.21. The second-order valence-electron chi connectivity index (χ2n) is 4.81. The van der Waals surface area contributed by atoms with Gasteiger partial charge in [-0.25, -0.2) is 0 Å². The van der Waals surface area contributed by atoms with Crippen LogP contribution in [0.3, 0.4) is 0 Å². The van der Waals surface area contributed by atoms with E-state index in [1.54, 1.807) is 25.3 Å². The van der Waals surface area contributed by atoms with Crippen molar-refractivity contribution in [3.05, 3.63) is 46.4 Å². The third-order valence-electron chi connectivity index (χ3n) is 3.18. The van der Waals surface area contributed by atoms with Crippen molar-refractivity contribution in [3.8, 4) is 17.2 Å². The second-order valence-corrected chi connectivity index (χ2v) is 5.73. The molecule has 2 aromatic rings. The van der Waals surface area contributed by atoms with Crippen LogP contribution in [0.15, 0.2) is 40.9 Å². The Labute approximate surface area is 143 Å². The van der Waals surface area contributed by atoms with Gasteiger partial charge in [0.25, 0.3) is 5.91 Å². The van der Waals surface area contributed by atoms with Crippen LogP contribution in [0.2, 0.25) is 0 Å². The minimum absolute atomic E-state index is 0.0857. The molecule has 0 aliphatic carbocycles. The lowest BCUT2D eigenvalue weighted by molar-refractivity contribution is -0.118. The van der Waals surface area contributed by atoms with Gasteiger partial charge in [-0.2, -0.15) is 0 Å². The van der Waals surface area contributed by atoms with E-state index in [1.807, 2.05) is 25.1 Å². The summed E-state index contributed by atoms with van der Waals surface area (Å²) in [6, 6.07) is 10.8. The lowest BCUT2D eigenvalue weighted by atomic mass is 10.2. The third-order valence-corrected chi connectivity index (χ3v) is 3.67. The van der Waals surface area contributed by atoms with Crippen LogP contribution in [0.5, 0.6) is 17.2 Å². The molecule has 0 radical (unpaired) electrons. The van der Waals surface area contributed by atoms with Crippen molar-refractivity contribution in [3.63, 3.8) is 0 Å². The molecule has 2 aromatic carbocycles. The molecule has 1 N–H and O–H groups in total. The normalized spacial score (nSPS) is 10.1. The maximum absolute atomic E-state index is 12.1. The quantitative estimate of drug-likeness (QED) is 0.829. The van der Waals surface area contributed by atoms with E-state index in [9.17, 15) is 4.79 Å². The van der Waals surface area contributed by atoms with Gasteiger partial charge in [0.15, 0.2) is 6.61 Å². The van der Waals surface area contributed by atoms with E-state index in [0.29, 0.717) is 22.9 Å². The molecule has 0 aliphatic rings. The fraction of sp³-hybridized carbons (Fsp3) is 0.235. The number of ether oxygens (including phenoxy) is 3. The molecule has 0 heterocycles. The van der Waals surface area contributed by atoms with Crippen LogP contribution in [0, 0.1) is 6.92 Å². The minimum Gasteiger partial charge on any atom is -0.497 e. The number of hydrogen-bond acceptors (Lipinski definition) is 4. The van der Waals surface area contributed by atoms with E-state index < -0.39 is 0 Å². The number of halogens is 1.